The summed E-state index contributed by atoms with van der Waals surface area (Å²) in [6.45, 7) is 13.0. The second-order valence-corrected chi connectivity index (χ2v) is 12.4. The van der Waals surface area contributed by atoms with Crippen molar-refractivity contribution in [3.05, 3.63) is 71.3 Å². The number of carbonyl (C=O) groups is 2. The number of hydrogen-bond acceptors (Lipinski definition) is 11. The second kappa shape index (κ2) is 15.2. The minimum absolute atomic E-state index is 0.0130. The summed E-state index contributed by atoms with van der Waals surface area (Å²) in [5, 5.41) is 8.33. The first-order chi connectivity index (χ1) is 22.4. The predicted molar refractivity (Wildman–Crippen MR) is 171 cm³/mol. The van der Waals surface area contributed by atoms with Crippen LogP contribution in [0.15, 0.2) is 36.9 Å². The molecule has 14 nitrogen and oxygen atoms in total. The van der Waals surface area contributed by atoms with Crippen molar-refractivity contribution in [1.29, 1.82) is 0 Å². The van der Waals surface area contributed by atoms with Crippen LogP contribution in [0.25, 0.3) is 11.4 Å². The third-order valence-electron chi connectivity index (χ3n) is 6.26. The predicted octanol–water partition coefficient (Wildman–Crippen LogP) is 5.58. The molecule has 0 saturated heterocycles. The van der Waals surface area contributed by atoms with E-state index in [9.17, 15) is 14.0 Å². The molecule has 2 heterocycles. The zero-order chi connectivity index (χ0) is 36.0. The molecular weight excluding hydrogens is 630 g/mol. The molecule has 0 aliphatic rings. The van der Waals surface area contributed by atoms with E-state index in [1.807, 2.05) is 0 Å². The average Bonchev–Trinajstić information content (AvgIpc) is 3.62. The Morgan fingerprint density at radius 2 is 1.15 bits per heavy atom. The van der Waals surface area contributed by atoms with E-state index in [-0.39, 0.29) is 29.3 Å². The lowest BCUT2D eigenvalue weighted by molar-refractivity contribution is -0.000426. The first-order valence-corrected chi connectivity index (χ1v) is 14.8. The molecule has 4 aromatic rings. The number of benzene rings is 2. The van der Waals surface area contributed by atoms with E-state index in [0.29, 0.717) is 27.8 Å². The highest BCUT2D eigenvalue weighted by atomic mass is 19.1. The molecule has 2 aromatic carbocycles. The lowest BCUT2D eigenvalue weighted by Gasteiger charge is -2.29. The van der Waals surface area contributed by atoms with Crippen LogP contribution in [0.4, 0.5) is 18.4 Å². The highest BCUT2D eigenvalue weighted by molar-refractivity contribution is 5.88. The monoisotopic (exact) mass is 672 g/mol. The van der Waals surface area contributed by atoms with Gasteiger partial charge in [-0.1, -0.05) is 0 Å². The van der Waals surface area contributed by atoms with Crippen LogP contribution >= 0.6 is 0 Å². The van der Waals surface area contributed by atoms with E-state index in [1.54, 1.807) is 73.6 Å². The van der Waals surface area contributed by atoms with Gasteiger partial charge < -0.3 is 24.7 Å². The second-order valence-electron chi connectivity index (χ2n) is 12.4. The molecule has 0 aliphatic heterocycles. The van der Waals surface area contributed by atoms with Gasteiger partial charge in [0.25, 0.3) is 0 Å². The van der Waals surface area contributed by atoms with Crippen LogP contribution in [0.3, 0.4) is 0 Å². The number of amides is 2. The Kier molecular flexibility index (Phi) is 11.8. The Labute approximate surface area is 277 Å². The van der Waals surface area contributed by atoms with Crippen LogP contribution in [-0.4, -0.2) is 72.0 Å². The van der Waals surface area contributed by atoms with Crippen molar-refractivity contribution < 1.29 is 37.3 Å². The molecule has 0 spiro atoms. The number of halogens is 2. The van der Waals surface area contributed by atoms with Gasteiger partial charge in [-0.2, -0.15) is 10.2 Å². The SMILES string of the molecule is COc1ccc(-n2cnc(C)n2)c(CN(C(=O)OC(C)(C)C)C(=O)OC(C)(C)C)c1F.COc1ccc(-n2cnc(C)n2)c(CN)c1F. The fourth-order valence-corrected chi connectivity index (χ4v) is 4.19. The molecule has 48 heavy (non-hydrogen) atoms. The molecule has 0 atom stereocenters. The molecule has 0 unspecified atom stereocenters. The van der Waals surface area contributed by atoms with Crippen molar-refractivity contribution in [2.75, 3.05) is 14.2 Å². The largest absolute Gasteiger partial charge is 0.494 e. The normalized spacial score (nSPS) is 11.4. The van der Waals surface area contributed by atoms with Crippen LogP contribution in [0, 0.1) is 25.5 Å². The van der Waals surface area contributed by atoms with Gasteiger partial charge in [-0.15, -0.1) is 0 Å². The fraction of sp³-hybridized carbons (Fsp3) is 0.438. The maximum absolute atomic E-state index is 15.3. The Balaban J connectivity index is 0.000000308. The summed E-state index contributed by atoms with van der Waals surface area (Å²) in [5.74, 6) is 0.00314. The van der Waals surface area contributed by atoms with Gasteiger partial charge in [0.2, 0.25) is 0 Å². The van der Waals surface area contributed by atoms with Crippen LogP contribution in [-0.2, 0) is 22.6 Å². The molecule has 2 aromatic heterocycles. The van der Waals surface area contributed by atoms with Crippen LogP contribution in [0.2, 0.25) is 0 Å². The van der Waals surface area contributed by atoms with E-state index in [0.717, 1.165) is 0 Å². The van der Waals surface area contributed by atoms with E-state index in [2.05, 4.69) is 20.2 Å². The third kappa shape index (κ3) is 9.47. The number of aryl methyl sites for hydroxylation is 2. The van der Waals surface area contributed by atoms with Crippen molar-refractivity contribution in [2.24, 2.45) is 5.73 Å². The maximum atomic E-state index is 15.3. The Hall–Kier alpha value is -5.12. The summed E-state index contributed by atoms with van der Waals surface area (Å²) in [5.41, 5.74) is 5.01. The molecule has 2 amide bonds. The van der Waals surface area contributed by atoms with E-state index >= 15 is 4.39 Å². The number of hydrogen-bond donors (Lipinski definition) is 1. The van der Waals surface area contributed by atoms with Crippen molar-refractivity contribution in [3.63, 3.8) is 0 Å². The van der Waals surface area contributed by atoms with E-state index in [1.165, 1.54) is 42.3 Å². The van der Waals surface area contributed by atoms with Gasteiger partial charge in [-0.05, 0) is 79.7 Å². The number of rotatable bonds is 7. The topological polar surface area (TPSA) is 162 Å². The number of imide groups is 1. The summed E-state index contributed by atoms with van der Waals surface area (Å²) >= 11 is 0. The Morgan fingerprint density at radius 3 is 1.48 bits per heavy atom. The molecular formula is C32H42F2N8O6. The number of methoxy groups -OCH3 is 2. The van der Waals surface area contributed by atoms with Gasteiger partial charge in [-0.3, -0.25) is 0 Å². The number of ether oxygens (including phenoxy) is 4. The molecule has 0 aliphatic carbocycles. The van der Waals surface area contributed by atoms with Gasteiger partial charge in [0.05, 0.1) is 32.1 Å². The lowest BCUT2D eigenvalue weighted by atomic mass is 10.1. The minimum Gasteiger partial charge on any atom is -0.494 e. The molecule has 2 N–H and O–H groups in total. The molecule has 0 radical (unpaired) electrons. The standard InChI is InChI=1S/C21H29FN4O5.C11H13FN4O/c1-13-23-12-26(24-13)15-9-10-16(29-8)17(22)14(15)11-25(18(27)30-20(2,3)4)19(28)31-21(5,6)7;1-7-14-6-16(15-7)9-3-4-10(17-2)11(12)8(9)5-13/h9-10,12H,11H2,1-8H3;3-4,6H,5,13H2,1-2H3. The third-order valence-corrected chi connectivity index (χ3v) is 6.26. The number of aromatic nitrogens is 6. The summed E-state index contributed by atoms with van der Waals surface area (Å²) in [6, 6.07) is 6.24. The average molecular weight is 673 g/mol. The molecule has 260 valence electrons. The Bertz CT molecular complexity index is 1720. The quantitative estimate of drug-likeness (QED) is 0.261. The zero-order valence-corrected chi connectivity index (χ0v) is 28.8. The van der Waals surface area contributed by atoms with Crippen molar-refractivity contribution >= 4 is 12.2 Å². The highest BCUT2D eigenvalue weighted by Gasteiger charge is 2.33. The summed E-state index contributed by atoms with van der Waals surface area (Å²) < 4.78 is 52.8. The first kappa shape index (κ1) is 37.3. The number of nitrogens with two attached hydrogens (primary N) is 1. The number of nitrogens with zero attached hydrogens (tertiary/aromatic N) is 7. The van der Waals surface area contributed by atoms with Crippen LogP contribution in [0.5, 0.6) is 11.5 Å². The van der Waals surface area contributed by atoms with Gasteiger partial charge >= 0.3 is 12.2 Å². The van der Waals surface area contributed by atoms with Gasteiger partial charge in [0, 0.05) is 17.7 Å². The molecule has 16 heteroatoms. The maximum Gasteiger partial charge on any atom is 0.420 e. The summed E-state index contributed by atoms with van der Waals surface area (Å²) in [6.07, 6.45) is 0.996. The molecule has 0 bridgehead atoms. The van der Waals surface area contributed by atoms with E-state index in [4.69, 9.17) is 24.7 Å². The summed E-state index contributed by atoms with van der Waals surface area (Å²) in [4.78, 5) is 34.4. The van der Waals surface area contributed by atoms with Gasteiger partial charge in [-0.25, -0.2) is 42.6 Å². The lowest BCUT2D eigenvalue weighted by Crippen LogP contribution is -2.43. The van der Waals surface area contributed by atoms with Crippen molar-refractivity contribution in [2.45, 2.75) is 79.7 Å². The minimum atomic E-state index is -0.968. The molecule has 0 fully saturated rings. The van der Waals surface area contributed by atoms with Gasteiger partial charge in [0.15, 0.2) is 23.1 Å². The zero-order valence-electron chi connectivity index (χ0n) is 28.8. The molecule has 0 saturated carbocycles. The first-order valence-electron chi connectivity index (χ1n) is 14.8. The highest BCUT2D eigenvalue weighted by Crippen LogP contribution is 2.29. The van der Waals surface area contributed by atoms with Crippen molar-refractivity contribution in [3.8, 4) is 22.9 Å². The number of carbonyl (C=O) groups excluding carboxylic acids is 2. The van der Waals surface area contributed by atoms with Gasteiger partial charge in [0.1, 0.15) is 35.5 Å². The van der Waals surface area contributed by atoms with Crippen LogP contribution in [0.1, 0.15) is 64.3 Å². The smallest absolute Gasteiger partial charge is 0.420 e. The Morgan fingerprint density at radius 1 is 0.750 bits per heavy atom. The van der Waals surface area contributed by atoms with Crippen LogP contribution < -0.4 is 15.2 Å². The summed E-state index contributed by atoms with van der Waals surface area (Å²) in [7, 11) is 2.74. The fourth-order valence-electron chi connectivity index (χ4n) is 4.19. The molecule has 4 rings (SSSR count). The van der Waals surface area contributed by atoms with E-state index < -0.39 is 41.6 Å². The van der Waals surface area contributed by atoms with Crippen molar-refractivity contribution in [1.82, 2.24) is 34.4 Å².